The summed E-state index contributed by atoms with van der Waals surface area (Å²) in [5, 5.41) is 0.740. The molecular formula is C24H24O7. The van der Waals surface area contributed by atoms with E-state index in [9.17, 15) is 9.59 Å². The lowest BCUT2D eigenvalue weighted by atomic mass is 10.0. The van der Waals surface area contributed by atoms with E-state index < -0.39 is 11.6 Å². The molecule has 7 nitrogen and oxygen atoms in total. The average molecular weight is 424 g/mol. The fourth-order valence-electron chi connectivity index (χ4n) is 3.20. The third kappa shape index (κ3) is 4.71. The standard InChI is InChI=1S/C24H24O7/c1-14-6-8-18-17(12-22(26)31-23(18)15(14)2)13-30-21(25)9-7-16-10-19(27-3)24(29-5)20(11-16)28-4/h6-12H,13H2,1-5H3. The molecule has 3 rings (SSSR count). The van der Waals surface area contributed by atoms with Crippen molar-refractivity contribution in [3.8, 4) is 17.2 Å². The highest BCUT2D eigenvalue weighted by Gasteiger charge is 2.13. The molecule has 3 aromatic rings. The van der Waals surface area contributed by atoms with Crippen LogP contribution in [0.5, 0.6) is 17.2 Å². The molecule has 31 heavy (non-hydrogen) atoms. The summed E-state index contributed by atoms with van der Waals surface area (Å²) in [6.07, 6.45) is 2.88. The van der Waals surface area contributed by atoms with E-state index in [4.69, 9.17) is 23.4 Å². The van der Waals surface area contributed by atoms with Crippen LogP contribution < -0.4 is 19.8 Å². The van der Waals surface area contributed by atoms with E-state index in [-0.39, 0.29) is 6.61 Å². The number of carbonyl (C=O) groups excluding carboxylic acids is 1. The molecule has 2 aromatic carbocycles. The number of ether oxygens (including phenoxy) is 4. The minimum absolute atomic E-state index is 0.0526. The highest BCUT2D eigenvalue weighted by Crippen LogP contribution is 2.38. The molecular weight excluding hydrogens is 400 g/mol. The normalized spacial score (nSPS) is 11.0. The second-order valence-electron chi connectivity index (χ2n) is 6.87. The lowest BCUT2D eigenvalue weighted by molar-refractivity contribution is -0.138. The van der Waals surface area contributed by atoms with Crippen molar-refractivity contribution in [2.75, 3.05) is 21.3 Å². The van der Waals surface area contributed by atoms with Crippen molar-refractivity contribution in [2.24, 2.45) is 0 Å². The molecule has 7 heteroatoms. The van der Waals surface area contributed by atoms with Gasteiger partial charge < -0.3 is 23.4 Å². The molecule has 0 N–H and O–H groups in total. The first kappa shape index (κ1) is 22.0. The Labute approximate surface area is 179 Å². The van der Waals surface area contributed by atoms with Gasteiger partial charge in [0.1, 0.15) is 12.2 Å². The second kappa shape index (κ2) is 9.38. The van der Waals surface area contributed by atoms with Crippen LogP contribution in [0.15, 0.2) is 45.6 Å². The monoisotopic (exact) mass is 424 g/mol. The molecule has 0 amide bonds. The Kier molecular flexibility index (Phi) is 6.65. The molecule has 0 saturated carbocycles. The van der Waals surface area contributed by atoms with Crippen LogP contribution in [0.1, 0.15) is 22.3 Å². The van der Waals surface area contributed by atoms with Crippen LogP contribution in [0.25, 0.3) is 17.0 Å². The average Bonchev–Trinajstić information content (AvgIpc) is 2.77. The van der Waals surface area contributed by atoms with Gasteiger partial charge in [-0.15, -0.1) is 0 Å². The lowest BCUT2D eigenvalue weighted by Gasteiger charge is -2.12. The molecule has 0 aliphatic carbocycles. The Morgan fingerprint density at radius 3 is 2.29 bits per heavy atom. The van der Waals surface area contributed by atoms with Crippen LogP contribution >= 0.6 is 0 Å². The van der Waals surface area contributed by atoms with Gasteiger partial charge in [-0.1, -0.05) is 12.1 Å². The van der Waals surface area contributed by atoms with Gasteiger partial charge in [-0.25, -0.2) is 9.59 Å². The van der Waals surface area contributed by atoms with E-state index in [1.807, 2.05) is 26.0 Å². The molecule has 1 aromatic heterocycles. The number of rotatable bonds is 7. The molecule has 0 unspecified atom stereocenters. The van der Waals surface area contributed by atoms with Crippen molar-refractivity contribution in [1.82, 2.24) is 0 Å². The SMILES string of the molecule is COc1cc(C=CC(=O)OCc2cc(=O)oc3c(C)c(C)ccc23)cc(OC)c1OC. The summed E-state index contributed by atoms with van der Waals surface area (Å²) in [6, 6.07) is 8.56. The van der Waals surface area contributed by atoms with Gasteiger partial charge in [-0.3, -0.25) is 0 Å². The van der Waals surface area contributed by atoms with Gasteiger partial charge in [-0.05, 0) is 48.7 Å². The molecule has 0 aliphatic heterocycles. The van der Waals surface area contributed by atoms with E-state index >= 15 is 0 Å². The van der Waals surface area contributed by atoms with Crippen molar-refractivity contribution >= 4 is 23.0 Å². The van der Waals surface area contributed by atoms with E-state index in [1.165, 1.54) is 33.5 Å². The fourth-order valence-corrected chi connectivity index (χ4v) is 3.20. The number of hydrogen-bond acceptors (Lipinski definition) is 7. The van der Waals surface area contributed by atoms with Gasteiger partial charge in [0.2, 0.25) is 5.75 Å². The van der Waals surface area contributed by atoms with Crippen molar-refractivity contribution in [3.63, 3.8) is 0 Å². The van der Waals surface area contributed by atoms with Crippen LogP contribution in [0.4, 0.5) is 0 Å². The zero-order valence-corrected chi connectivity index (χ0v) is 18.1. The number of hydrogen-bond donors (Lipinski definition) is 0. The van der Waals surface area contributed by atoms with E-state index in [2.05, 4.69) is 0 Å². The van der Waals surface area contributed by atoms with Gasteiger partial charge >= 0.3 is 11.6 Å². The minimum atomic E-state index is -0.557. The lowest BCUT2D eigenvalue weighted by Crippen LogP contribution is -2.06. The number of methoxy groups -OCH3 is 3. The Balaban J connectivity index is 1.79. The summed E-state index contributed by atoms with van der Waals surface area (Å²) in [7, 11) is 4.55. The highest BCUT2D eigenvalue weighted by molar-refractivity contribution is 5.88. The largest absolute Gasteiger partial charge is 0.493 e. The maximum absolute atomic E-state index is 12.3. The van der Waals surface area contributed by atoms with Crippen LogP contribution in [-0.4, -0.2) is 27.3 Å². The van der Waals surface area contributed by atoms with Crippen LogP contribution in [0.2, 0.25) is 0 Å². The van der Waals surface area contributed by atoms with Gasteiger partial charge in [0.05, 0.1) is 21.3 Å². The van der Waals surface area contributed by atoms with E-state index in [0.717, 1.165) is 16.5 Å². The highest BCUT2D eigenvalue weighted by atomic mass is 16.5. The van der Waals surface area contributed by atoms with Crippen LogP contribution in [0.3, 0.4) is 0 Å². The van der Waals surface area contributed by atoms with Crippen molar-refractivity contribution < 1.29 is 28.2 Å². The zero-order chi connectivity index (χ0) is 22.5. The van der Waals surface area contributed by atoms with Crippen molar-refractivity contribution in [2.45, 2.75) is 20.5 Å². The number of aryl methyl sites for hydroxylation is 2. The first-order valence-electron chi connectivity index (χ1n) is 9.55. The summed E-state index contributed by atoms with van der Waals surface area (Å²) in [6.45, 7) is 3.77. The maximum Gasteiger partial charge on any atom is 0.336 e. The Morgan fingerprint density at radius 2 is 1.68 bits per heavy atom. The number of fused-ring (bicyclic) bond motifs is 1. The molecule has 0 atom stereocenters. The topological polar surface area (TPSA) is 84.2 Å². The summed E-state index contributed by atoms with van der Waals surface area (Å²) in [4.78, 5) is 24.2. The molecule has 0 saturated heterocycles. The van der Waals surface area contributed by atoms with Gasteiger partial charge in [0, 0.05) is 23.1 Å². The molecule has 0 spiro atoms. The molecule has 0 fully saturated rings. The molecule has 0 bridgehead atoms. The fraction of sp³-hybridized carbons (Fsp3) is 0.250. The van der Waals surface area contributed by atoms with Gasteiger partial charge in [0.25, 0.3) is 0 Å². The maximum atomic E-state index is 12.3. The summed E-state index contributed by atoms with van der Waals surface area (Å²) in [5.74, 6) is 0.857. The number of carbonyl (C=O) groups is 1. The number of benzene rings is 2. The summed E-state index contributed by atoms with van der Waals surface area (Å²) >= 11 is 0. The summed E-state index contributed by atoms with van der Waals surface area (Å²) < 4.78 is 26.6. The first-order valence-corrected chi connectivity index (χ1v) is 9.55. The van der Waals surface area contributed by atoms with Crippen LogP contribution in [0, 0.1) is 13.8 Å². The third-order valence-electron chi connectivity index (χ3n) is 4.99. The Bertz CT molecular complexity index is 1180. The molecule has 1 heterocycles. The zero-order valence-electron chi connectivity index (χ0n) is 18.1. The molecule has 162 valence electrons. The van der Waals surface area contributed by atoms with Crippen molar-refractivity contribution in [1.29, 1.82) is 0 Å². The predicted molar refractivity (Wildman–Crippen MR) is 117 cm³/mol. The van der Waals surface area contributed by atoms with E-state index in [0.29, 0.717) is 34.0 Å². The summed E-state index contributed by atoms with van der Waals surface area (Å²) in [5.41, 5.74) is 3.17. The predicted octanol–water partition coefficient (Wildman–Crippen LogP) is 4.19. The van der Waals surface area contributed by atoms with E-state index in [1.54, 1.807) is 18.2 Å². The Hall–Kier alpha value is -3.74. The molecule has 0 aliphatic rings. The Morgan fingerprint density at radius 1 is 1.00 bits per heavy atom. The van der Waals surface area contributed by atoms with Crippen molar-refractivity contribution in [3.05, 3.63) is 69.1 Å². The second-order valence-corrected chi connectivity index (χ2v) is 6.87. The third-order valence-corrected chi connectivity index (χ3v) is 4.99. The van der Waals surface area contributed by atoms with Gasteiger partial charge in [0.15, 0.2) is 11.5 Å². The number of esters is 1. The van der Waals surface area contributed by atoms with Gasteiger partial charge in [-0.2, -0.15) is 0 Å². The first-order chi connectivity index (χ1) is 14.9. The van der Waals surface area contributed by atoms with Crippen LogP contribution in [-0.2, 0) is 16.1 Å². The quantitative estimate of drug-likeness (QED) is 0.319. The molecule has 0 radical (unpaired) electrons. The smallest absolute Gasteiger partial charge is 0.336 e. The minimum Gasteiger partial charge on any atom is -0.493 e.